The van der Waals surface area contributed by atoms with Crippen LogP contribution in [0.4, 0.5) is 0 Å². The fourth-order valence-corrected chi connectivity index (χ4v) is 2.55. The molecule has 0 heterocycles. The minimum Gasteiger partial charge on any atom is -0.385 e. The van der Waals surface area contributed by atoms with E-state index < -0.39 is 0 Å². The zero-order valence-corrected chi connectivity index (χ0v) is 9.93. The smallest absolute Gasteiger partial charge is 0.0689 e. The Morgan fingerprint density at radius 3 is 2.27 bits per heavy atom. The van der Waals surface area contributed by atoms with Crippen molar-refractivity contribution in [1.29, 1.82) is 5.26 Å². The first kappa shape index (κ1) is 12.5. The molecule has 0 aliphatic heterocycles. The fourth-order valence-electron chi connectivity index (χ4n) is 2.55. The van der Waals surface area contributed by atoms with Crippen molar-refractivity contribution in [3.63, 3.8) is 0 Å². The van der Waals surface area contributed by atoms with Crippen LogP contribution >= 0.6 is 0 Å². The van der Waals surface area contributed by atoms with Crippen LogP contribution in [0.2, 0.25) is 0 Å². The molecule has 0 atom stereocenters. The Hall–Kier alpha value is -0.550. The quantitative estimate of drug-likeness (QED) is 0.662. The Kier molecular flexibility index (Phi) is 5.71. The van der Waals surface area contributed by atoms with E-state index in [1.807, 2.05) is 0 Å². The van der Waals surface area contributed by atoms with E-state index >= 15 is 0 Å². The first-order valence-corrected chi connectivity index (χ1v) is 6.23. The second-order valence-electron chi connectivity index (χ2n) is 4.76. The third-order valence-electron chi connectivity index (χ3n) is 3.55. The van der Waals surface area contributed by atoms with Gasteiger partial charge in [-0.1, -0.05) is 32.1 Å². The monoisotopic (exact) mass is 209 g/mol. The van der Waals surface area contributed by atoms with Crippen LogP contribution in [-0.4, -0.2) is 13.7 Å². The highest BCUT2D eigenvalue weighted by molar-refractivity contribution is 4.99. The normalized spacial score (nSPS) is 21.3. The summed E-state index contributed by atoms with van der Waals surface area (Å²) in [5.41, 5.74) is -0.0288. The number of nitriles is 1. The third kappa shape index (κ3) is 4.22. The van der Waals surface area contributed by atoms with Crippen LogP contribution in [0.3, 0.4) is 0 Å². The van der Waals surface area contributed by atoms with Gasteiger partial charge in [0.2, 0.25) is 0 Å². The van der Waals surface area contributed by atoms with Crippen LogP contribution < -0.4 is 0 Å². The van der Waals surface area contributed by atoms with Gasteiger partial charge in [-0.3, -0.25) is 0 Å². The summed E-state index contributed by atoms with van der Waals surface area (Å²) in [6.07, 6.45) is 10.7. The van der Waals surface area contributed by atoms with Gasteiger partial charge in [0, 0.05) is 13.7 Å². The molecule has 0 unspecified atom stereocenters. The molecule has 0 saturated heterocycles. The fraction of sp³-hybridized carbons (Fsp3) is 0.923. The van der Waals surface area contributed by atoms with Crippen molar-refractivity contribution in [2.24, 2.45) is 5.41 Å². The van der Waals surface area contributed by atoms with Crippen molar-refractivity contribution in [1.82, 2.24) is 0 Å². The molecule has 0 aromatic rings. The van der Waals surface area contributed by atoms with Crippen LogP contribution in [0, 0.1) is 16.7 Å². The summed E-state index contributed by atoms with van der Waals surface area (Å²) in [4.78, 5) is 0. The summed E-state index contributed by atoms with van der Waals surface area (Å²) in [6.45, 7) is 0.795. The lowest BCUT2D eigenvalue weighted by atomic mass is 9.74. The zero-order chi connectivity index (χ0) is 11.0. The van der Waals surface area contributed by atoms with Gasteiger partial charge in [0.05, 0.1) is 11.5 Å². The molecular weight excluding hydrogens is 186 g/mol. The van der Waals surface area contributed by atoms with Gasteiger partial charge >= 0.3 is 0 Å². The van der Waals surface area contributed by atoms with Crippen LogP contribution in [-0.2, 0) is 4.74 Å². The Bertz CT molecular complexity index is 199. The topological polar surface area (TPSA) is 33.0 Å². The molecule has 0 bridgehead atoms. The molecule has 0 aromatic carbocycles. The number of ether oxygens (including phenoxy) is 1. The summed E-state index contributed by atoms with van der Waals surface area (Å²) in [5.74, 6) is 0. The SMILES string of the molecule is COCCCC1(C#N)CCCCCCC1. The van der Waals surface area contributed by atoms with Gasteiger partial charge in [-0.05, 0) is 25.7 Å². The van der Waals surface area contributed by atoms with Crippen molar-refractivity contribution < 1.29 is 4.74 Å². The van der Waals surface area contributed by atoms with Gasteiger partial charge in [-0.25, -0.2) is 0 Å². The summed E-state index contributed by atoms with van der Waals surface area (Å²) >= 11 is 0. The zero-order valence-electron chi connectivity index (χ0n) is 9.93. The number of hydrogen-bond acceptors (Lipinski definition) is 2. The third-order valence-corrected chi connectivity index (χ3v) is 3.55. The standard InChI is InChI=1S/C13H23NO/c1-15-11-7-10-13(12-14)8-5-3-2-4-6-9-13/h2-11H2,1H3. The predicted octanol–water partition coefficient (Wildman–Crippen LogP) is 3.67. The molecule has 0 aromatic heterocycles. The van der Waals surface area contributed by atoms with Crippen molar-refractivity contribution in [3.8, 4) is 6.07 Å². The number of hydrogen-bond donors (Lipinski definition) is 0. The van der Waals surface area contributed by atoms with E-state index in [2.05, 4.69) is 6.07 Å². The molecule has 0 radical (unpaired) electrons. The Morgan fingerprint density at radius 1 is 1.13 bits per heavy atom. The van der Waals surface area contributed by atoms with Crippen molar-refractivity contribution in [2.75, 3.05) is 13.7 Å². The molecule has 0 amide bonds. The van der Waals surface area contributed by atoms with Gasteiger partial charge in [0.25, 0.3) is 0 Å². The molecule has 1 fully saturated rings. The van der Waals surface area contributed by atoms with E-state index in [4.69, 9.17) is 4.74 Å². The van der Waals surface area contributed by atoms with E-state index in [0.717, 1.165) is 32.3 Å². The van der Waals surface area contributed by atoms with Crippen molar-refractivity contribution in [2.45, 2.75) is 57.8 Å². The molecule has 0 spiro atoms. The first-order valence-electron chi connectivity index (χ1n) is 6.23. The van der Waals surface area contributed by atoms with E-state index in [9.17, 15) is 5.26 Å². The van der Waals surface area contributed by atoms with Gasteiger partial charge < -0.3 is 4.74 Å². The Balaban J connectivity index is 2.44. The molecule has 0 N–H and O–H groups in total. The van der Waals surface area contributed by atoms with Crippen molar-refractivity contribution >= 4 is 0 Å². The highest BCUT2D eigenvalue weighted by Crippen LogP contribution is 2.37. The second kappa shape index (κ2) is 6.85. The lowest BCUT2D eigenvalue weighted by molar-refractivity contribution is 0.170. The molecule has 1 aliphatic rings. The van der Waals surface area contributed by atoms with Crippen LogP contribution in [0.25, 0.3) is 0 Å². The highest BCUT2D eigenvalue weighted by Gasteiger charge is 2.29. The average Bonchev–Trinajstić information content (AvgIpc) is 2.22. The molecule has 2 heteroatoms. The molecule has 1 aliphatic carbocycles. The molecule has 1 saturated carbocycles. The van der Waals surface area contributed by atoms with E-state index in [1.54, 1.807) is 7.11 Å². The van der Waals surface area contributed by atoms with Gasteiger partial charge in [-0.15, -0.1) is 0 Å². The molecule has 1 rings (SSSR count). The van der Waals surface area contributed by atoms with E-state index in [-0.39, 0.29) is 5.41 Å². The van der Waals surface area contributed by atoms with E-state index in [0.29, 0.717) is 0 Å². The minimum atomic E-state index is -0.0288. The Morgan fingerprint density at radius 2 is 1.73 bits per heavy atom. The lowest BCUT2D eigenvalue weighted by Crippen LogP contribution is -2.20. The number of nitrogens with zero attached hydrogens (tertiary/aromatic N) is 1. The lowest BCUT2D eigenvalue weighted by Gasteiger charge is -2.28. The first-order chi connectivity index (χ1) is 7.33. The van der Waals surface area contributed by atoms with Gasteiger partial charge in [0.1, 0.15) is 0 Å². The maximum Gasteiger partial charge on any atom is 0.0689 e. The Labute approximate surface area is 93.6 Å². The maximum atomic E-state index is 9.37. The van der Waals surface area contributed by atoms with Crippen LogP contribution in [0.15, 0.2) is 0 Å². The minimum absolute atomic E-state index is 0.0288. The van der Waals surface area contributed by atoms with Crippen LogP contribution in [0.5, 0.6) is 0 Å². The van der Waals surface area contributed by atoms with E-state index in [1.165, 1.54) is 32.1 Å². The highest BCUT2D eigenvalue weighted by atomic mass is 16.5. The van der Waals surface area contributed by atoms with Crippen molar-refractivity contribution in [3.05, 3.63) is 0 Å². The molecular formula is C13H23NO. The van der Waals surface area contributed by atoms with Gasteiger partial charge in [-0.2, -0.15) is 5.26 Å². The summed E-state index contributed by atoms with van der Waals surface area (Å²) in [6, 6.07) is 2.59. The van der Waals surface area contributed by atoms with Crippen LogP contribution in [0.1, 0.15) is 57.8 Å². The maximum absolute atomic E-state index is 9.37. The molecule has 2 nitrogen and oxygen atoms in total. The summed E-state index contributed by atoms with van der Waals surface area (Å²) < 4.78 is 5.07. The average molecular weight is 209 g/mol. The molecule has 15 heavy (non-hydrogen) atoms. The predicted molar refractivity (Wildman–Crippen MR) is 61.5 cm³/mol. The number of rotatable bonds is 4. The van der Waals surface area contributed by atoms with Gasteiger partial charge in [0.15, 0.2) is 0 Å². The largest absolute Gasteiger partial charge is 0.385 e. The second-order valence-corrected chi connectivity index (χ2v) is 4.76. The summed E-state index contributed by atoms with van der Waals surface area (Å²) in [5, 5.41) is 9.37. The summed E-state index contributed by atoms with van der Waals surface area (Å²) in [7, 11) is 1.73. The number of methoxy groups -OCH3 is 1. The molecule has 86 valence electrons.